The zero-order valence-electron chi connectivity index (χ0n) is 30.8. The molecule has 0 bridgehead atoms. The fourth-order valence-electron chi connectivity index (χ4n) is 5.07. The molecule has 1 fully saturated rings. The second-order valence-electron chi connectivity index (χ2n) is 11.9. The Morgan fingerprint density at radius 1 is 0.509 bits per heavy atom. The highest BCUT2D eigenvalue weighted by molar-refractivity contribution is 5.92. The first-order valence-corrected chi connectivity index (χ1v) is 17.6. The molecule has 19 heteroatoms. The van der Waals surface area contributed by atoms with Gasteiger partial charge in [-0.25, -0.2) is 4.39 Å². The van der Waals surface area contributed by atoms with Crippen molar-refractivity contribution in [2.24, 2.45) is 0 Å². The van der Waals surface area contributed by atoms with Gasteiger partial charge in [-0.1, -0.05) is 0 Å². The summed E-state index contributed by atoms with van der Waals surface area (Å²) in [4.78, 5) is 94.4. The molecule has 0 aliphatic carbocycles. The van der Waals surface area contributed by atoms with E-state index in [1.807, 2.05) is 19.6 Å². The van der Waals surface area contributed by atoms with E-state index in [1.165, 1.54) is 24.3 Å². The van der Waals surface area contributed by atoms with Crippen molar-refractivity contribution in [2.45, 2.75) is 20.8 Å². The van der Waals surface area contributed by atoms with E-state index in [1.54, 1.807) is 20.8 Å². The van der Waals surface area contributed by atoms with Crippen LogP contribution in [0.15, 0.2) is 24.3 Å². The van der Waals surface area contributed by atoms with Crippen LogP contribution in [0.2, 0.25) is 0 Å². The SMILES string of the molecule is CCOC(=O)CNC(=O)CN1CCN(CC(=O)NCC(=O)OCC)CCN(CC(=O)Nc2ccc(F)cc2)CCN(CC(=O)NCC(=O)OCC)CC1. The Hall–Kier alpha value is -4.72. The Kier molecular flexibility index (Phi) is 21.2. The Labute approximate surface area is 309 Å². The molecule has 1 aromatic rings. The van der Waals surface area contributed by atoms with Crippen molar-refractivity contribution >= 4 is 47.2 Å². The van der Waals surface area contributed by atoms with Gasteiger partial charge in [0.1, 0.15) is 25.5 Å². The average molecular weight is 753 g/mol. The van der Waals surface area contributed by atoms with Crippen LogP contribution in [0.4, 0.5) is 10.1 Å². The maximum Gasteiger partial charge on any atom is 0.325 e. The summed E-state index contributed by atoms with van der Waals surface area (Å²) in [6.45, 7) is 6.67. The molecule has 53 heavy (non-hydrogen) atoms. The molecule has 0 unspecified atom stereocenters. The summed E-state index contributed by atoms with van der Waals surface area (Å²) >= 11 is 0. The number of carbonyl (C=O) groups excluding carboxylic acids is 7. The van der Waals surface area contributed by atoms with E-state index in [-0.39, 0.29) is 71.5 Å². The summed E-state index contributed by atoms with van der Waals surface area (Å²) in [7, 11) is 0. The number of hydrogen-bond acceptors (Lipinski definition) is 14. The lowest BCUT2D eigenvalue weighted by atomic mass is 10.3. The summed E-state index contributed by atoms with van der Waals surface area (Å²) < 4.78 is 28.1. The van der Waals surface area contributed by atoms with Crippen LogP contribution in [0, 0.1) is 5.82 Å². The summed E-state index contributed by atoms with van der Waals surface area (Å²) in [6.07, 6.45) is 0. The number of hydrogen-bond donors (Lipinski definition) is 4. The van der Waals surface area contributed by atoms with E-state index >= 15 is 0 Å². The Morgan fingerprint density at radius 2 is 0.792 bits per heavy atom. The molecule has 4 amide bonds. The van der Waals surface area contributed by atoms with E-state index in [4.69, 9.17) is 14.2 Å². The lowest BCUT2D eigenvalue weighted by molar-refractivity contribution is -0.144. The van der Waals surface area contributed by atoms with Gasteiger partial charge in [0.05, 0.1) is 46.0 Å². The van der Waals surface area contributed by atoms with Gasteiger partial charge in [0.2, 0.25) is 23.6 Å². The molecule has 0 spiro atoms. The minimum atomic E-state index is -0.578. The number of esters is 3. The number of amides is 4. The molecule has 0 saturated carbocycles. The molecule has 0 aromatic heterocycles. The minimum Gasteiger partial charge on any atom is -0.465 e. The standard InChI is InChI=1S/C34H53FN8O10/c1-4-51-32(48)19-36-28(44)22-40-11-13-41(23-29(45)37-20-33(49)52-5-2)15-17-43(25-31(47)39-27-9-7-26(35)8-10-27)18-16-42(14-12-40)24-30(46)38-21-34(50)53-6-3/h7-10H,4-6,11-25H2,1-3H3,(H,36,44)(H,37,45)(H,38,46)(H,39,47). The predicted molar refractivity (Wildman–Crippen MR) is 190 cm³/mol. The van der Waals surface area contributed by atoms with E-state index in [2.05, 4.69) is 21.3 Å². The smallest absolute Gasteiger partial charge is 0.325 e. The number of benzene rings is 1. The van der Waals surface area contributed by atoms with Gasteiger partial charge >= 0.3 is 17.9 Å². The van der Waals surface area contributed by atoms with Gasteiger partial charge in [0, 0.05) is 58.0 Å². The molecule has 2 rings (SSSR count). The van der Waals surface area contributed by atoms with E-state index in [0.717, 1.165) is 0 Å². The summed E-state index contributed by atoms with van der Waals surface area (Å²) in [5.74, 6) is -3.82. The van der Waals surface area contributed by atoms with Crippen LogP contribution in [0.5, 0.6) is 0 Å². The van der Waals surface area contributed by atoms with Crippen molar-refractivity contribution in [2.75, 3.05) is 123 Å². The molecule has 1 saturated heterocycles. The molecule has 1 aliphatic rings. The number of carbonyl (C=O) groups is 7. The van der Waals surface area contributed by atoms with E-state index in [0.29, 0.717) is 58.0 Å². The highest BCUT2D eigenvalue weighted by atomic mass is 19.1. The highest BCUT2D eigenvalue weighted by Gasteiger charge is 2.22. The van der Waals surface area contributed by atoms with Crippen LogP contribution in [0.1, 0.15) is 20.8 Å². The maximum absolute atomic E-state index is 13.4. The van der Waals surface area contributed by atoms with Gasteiger partial charge in [0.25, 0.3) is 0 Å². The maximum atomic E-state index is 13.4. The van der Waals surface area contributed by atoms with Gasteiger partial charge < -0.3 is 35.5 Å². The highest BCUT2D eigenvalue weighted by Crippen LogP contribution is 2.09. The molecular formula is C34H53FN8O10. The first-order chi connectivity index (χ1) is 25.4. The molecule has 1 heterocycles. The average Bonchev–Trinajstić information content (AvgIpc) is 3.11. The number of nitrogens with one attached hydrogen (secondary N) is 4. The van der Waals surface area contributed by atoms with Gasteiger partial charge in [-0.2, -0.15) is 0 Å². The second kappa shape index (κ2) is 25.3. The van der Waals surface area contributed by atoms with Crippen molar-refractivity contribution in [1.82, 2.24) is 35.6 Å². The molecule has 1 aliphatic heterocycles. The molecule has 1 aromatic carbocycles. The number of anilines is 1. The summed E-state index contributed by atoms with van der Waals surface area (Å²) in [5, 5.41) is 10.4. The van der Waals surface area contributed by atoms with Crippen LogP contribution in [-0.2, 0) is 47.8 Å². The summed E-state index contributed by atoms with van der Waals surface area (Å²) in [5.41, 5.74) is 0.414. The van der Waals surface area contributed by atoms with Gasteiger partial charge in [-0.05, 0) is 45.0 Å². The molecule has 4 N–H and O–H groups in total. The van der Waals surface area contributed by atoms with Crippen LogP contribution >= 0.6 is 0 Å². The third-order valence-electron chi connectivity index (χ3n) is 7.73. The lowest BCUT2D eigenvalue weighted by Gasteiger charge is -2.33. The van der Waals surface area contributed by atoms with Crippen LogP contribution in [-0.4, -0.2) is 179 Å². The van der Waals surface area contributed by atoms with Crippen LogP contribution in [0.25, 0.3) is 0 Å². The Morgan fingerprint density at radius 3 is 1.08 bits per heavy atom. The van der Waals surface area contributed by atoms with Gasteiger partial charge in [-0.15, -0.1) is 0 Å². The number of halogens is 1. The normalized spacial score (nSPS) is 15.2. The van der Waals surface area contributed by atoms with Crippen molar-refractivity contribution in [1.29, 1.82) is 0 Å². The molecule has 18 nitrogen and oxygen atoms in total. The van der Waals surface area contributed by atoms with Crippen LogP contribution in [0.3, 0.4) is 0 Å². The number of ether oxygens (including phenoxy) is 3. The minimum absolute atomic E-state index is 0.0596. The molecular weight excluding hydrogens is 699 g/mol. The fraction of sp³-hybridized carbons (Fsp3) is 0.618. The summed E-state index contributed by atoms with van der Waals surface area (Å²) in [6, 6.07) is 5.35. The Bertz CT molecular complexity index is 1300. The third-order valence-corrected chi connectivity index (χ3v) is 7.73. The Balaban J connectivity index is 2.25. The van der Waals surface area contributed by atoms with E-state index in [9.17, 15) is 38.0 Å². The second-order valence-corrected chi connectivity index (χ2v) is 11.9. The quantitative estimate of drug-likeness (QED) is 0.0948. The fourth-order valence-corrected chi connectivity index (χ4v) is 5.07. The van der Waals surface area contributed by atoms with Gasteiger partial charge in [0.15, 0.2) is 0 Å². The lowest BCUT2D eigenvalue weighted by Crippen LogP contribution is -2.51. The van der Waals surface area contributed by atoms with Crippen molar-refractivity contribution in [3.63, 3.8) is 0 Å². The van der Waals surface area contributed by atoms with Crippen LogP contribution < -0.4 is 21.3 Å². The largest absolute Gasteiger partial charge is 0.465 e. The number of nitrogens with zero attached hydrogens (tertiary/aromatic N) is 4. The third kappa shape index (κ3) is 20.2. The van der Waals surface area contributed by atoms with Crippen molar-refractivity contribution in [3.8, 4) is 0 Å². The first-order valence-electron chi connectivity index (χ1n) is 17.6. The van der Waals surface area contributed by atoms with Crippen molar-refractivity contribution < 1.29 is 52.2 Å². The molecule has 296 valence electrons. The monoisotopic (exact) mass is 752 g/mol. The molecule has 0 atom stereocenters. The molecule has 0 radical (unpaired) electrons. The first kappa shape index (κ1) is 44.4. The van der Waals surface area contributed by atoms with Crippen molar-refractivity contribution in [3.05, 3.63) is 30.1 Å². The van der Waals surface area contributed by atoms with Gasteiger partial charge in [-0.3, -0.25) is 53.2 Å². The van der Waals surface area contributed by atoms with E-state index < -0.39 is 41.4 Å². The number of rotatable bonds is 18. The zero-order chi connectivity index (χ0) is 39.0. The topological polar surface area (TPSA) is 208 Å². The zero-order valence-corrected chi connectivity index (χ0v) is 30.8. The predicted octanol–water partition coefficient (Wildman–Crippen LogP) is -1.98.